The van der Waals surface area contributed by atoms with Gasteiger partial charge >= 0.3 is 0 Å². The zero-order valence-corrected chi connectivity index (χ0v) is 7.95. The van der Waals surface area contributed by atoms with Crippen LogP contribution in [0.5, 0.6) is 0 Å². The minimum absolute atomic E-state index is 0.949. The molecule has 4 heteroatoms. The van der Waals surface area contributed by atoms with Gasteiger partial charge in [-0.05, 0) is 12.1 Å². The molecule has 74 valence electrons. The molecule has 1 aromatic carbocycles. The molecule has 2 heterocycles. The van der Waals surface area contributed by atoms with Crippen LogP contribution in [0.3, 0.4) is 0 Å². The van der Waals surface area contributed by atoms with Crippen LogP contribution in [0.25, 0.3) is 11.0 Å². The van der Waals surface area contributed by atoms with Gasteiger partial charge in [-0.3, -0.25) is 9.97 Å². The minimum Gasteiger partial charge on any atom is -0.452 e. The van der Waals surface area contributed by atoms with Crippen LogP contribution in [0, 0.1) is 0 Å². The van der Waals surface area contributed by atoms with Crippen molar-refractivity contribution in [2.45, 2.75) is 0 Å². The predicted octanol–water partition coefficient (Wildman–Crippen LogP) is 2.30. The number of oxazole rings is 1. The van der Waals surface area contributed by atoms with E-state index in [-0.39, 0.29) is 0 Å². The van der Waals surface area contributed by atoms with Gasteiger partial charge in [0.25, 0.3) is 0 Å². The lowest BCUT2D eigenvalue weighted by atomic mass is 10.3. The van der Waals surface area contributed by atoms with E-state index < -0.39 is 0 Å². The van der Waals surface area contributed by atoms with Crippen LogP contribution >= 0.6 is 0 Å². The van der Waals surface area contributed by atoms with Gasteiger partial charge < -0.3 is 4.42 Å². The van der Waals surface area contributed by atoms with Gasteiger partial charge in [0.1, 0.15) is 6.26 Å². The Labute approximate surface area is 86.6 Å². The van der Waals surface area contributed by atoms with Gasteiger partial charge in [0.05, 0.1) is 17.2 Å². The van der Waals surface area contributed by atoms with Crippen LogP contribution in [0.1, 0.15) is 0 Å². The molecule has 4 nitrogen and oxygen atoms in total. The van der Waals surface area contributed by atoms with Crippen LogP contribution in [0.2, 0.25) is 0 Å². The van der Waals surface area contributed by atoms with Crippen molar-refractivity contribution in [1.82, 2.24) is 15.0 Å². The highest BCUT2D eigenvalue weighted by atomic mass is 16.3. The molecule has 3 aromatic rings. The summed E-state index contributed by atoms with van der Waals surface area (Å²) in [4.78, 5) is 11.8. The summed E-state index contributed by atoms with van der Waals surface area (Å²) >= 11 is 0. The first-order valence-electron chi connectivity index (χ1n) is 4.45. The molecule has 0 aliphatic heterocycles. The van der Waals surface area contributed by atoms with E-state index in [4.69, 9.17) is 0 Å². The molecule has 0 spiro atoms. The maximum absolute atomic E-state index is 4.47. The highest BCUT2D eigenvalue weighted by Crippen LogP contribution is 2.04. The molecule has 3 rings (SSSR count). The number of fused-ring (bicyclic) bond motifs is 1. The second-order valence-electron chi connectivity index (χ2n) is 2.72. The molecule has 0 fully saturated rings. The van der Waals surface area contributed by atoms with E-state index in [2.05, 4.69) is 19.4 Å². The Kier molecular flexibility index (Phi) is 3.02. The number of rotatable bonds is 0. The molecular weight excluding hydrogens is 190 g/mol. The maximum atomic E-state index is 4.47. The number of para-hydroxylation sites is 2. The summed E-state index contributed by atoms with van der Waals surface area (Å²) in [5, 5.41) is 0. The van der Waals surface area contributed by atoms with E-state index in [0.717, 1.165) is 11.0 Å². The van der Waals surface area contributed by atoms with E-state index in [1.165, 1.54) is 12.7 Å². The summed E-state index contributed by atoms with van der Waals surface area (Å²) in [5.74, 6) is 0. The molecule has 0 amide bonds. The molecule has 0 saturated heterocycles. The topological polar surface area (TPSA) is 51.8 Å². The summed E-state index contributed by atoms with van der Waals surface area (Å²) in [6.45, 7) is 0. The Balaban J connectivity index is 0.000000144. The van der Waals surface area contributed by atoms with Gasteiger partial charge in [0.2, 0.25) is 0 Å². The number of hydrogen-bond acceptors (Lipinski definition) is 4. The Morgan fingerprint density at radius 2 is 1.53 bits per heavy atom. The number of benzene rings is 1. The molecule has 0 unspecified atom stereocenters. The zero-order valence-electron chi connectivity index (χ0n) is 7.95. The van der Waals surface area contributed by atoms with Crippen molar-refractivity contribution in [3.05, 3.63) is 55.5 Å². The third kappa shape index (κ3) is 2.60. The average molecular weight is 199 g/mol. The molecule has 0 bridgehead atoms. The molecule has 0 aliphatic rings. The lowest BCUT2D eigenvalue weighted by molar-refractivity contribution is 0.558. The first kappa shape index (κ1) is 9.33. The van der Waals surface area contributed by atoms with E-state index in [0.29, 0.717) is 0 Å². The van der Waals surface area contributed by atoms with Crippen LogP contribution in [-0.2, 0) is 0 Å². The minimum atomic E-state index is 0.949. The van der Waals surface area contributed by atoms with E-state index in [1.54, 1.807) is 18.6 Å². The monoisotopic (exact) mass is 199 g/mol. The summed E-state index contributed by atoms with van der Waals surface area (Å²) in [6, 6.07) is 7.80. The first-order valence-corrected chi connectivity index (χ1v) is 4.45. The third-order valence-corrected chi connectivity index (χ3v) is 1.72. The molecule has 0 radical (unpaired) electrons. The van der Waals surface area contributed by atoms with Gasteiger partial charge in [-0.25, -0.2) is 4.98 Å². The molecule has 0 N–H and O–H groups in total. The van der Waals surface area contributed by atoms with Crippen molar-refractivity contribution in [2.75, 3.05) is 0 Å². The number of nitrogens with zero attached hydrogens (tertiary/aromatic N) is 3. The highest BCUT2D eigenvalue weighted by Gasteiger charge is 1.88. The van der Waals surface area contributed by atoms with E-state index >= 15 is 0 Å². The van der Waals surface area contributed by atoms with Crippen molar-refractivity contribution in [3.8, 4) is 0 Å². The molecule has 0 atom stereocenters. The highest BCUT2D eigenvalue weighted by molar-refractivity contribution is 5.72. The summed E-state index contributed by atoms with van der Waals surface area (Å²) in [5.41, 5.74) is 1.90. The predicted molar refractivity (Wildman–Crippen MR) is 56.0 cm³/mol. The van der Waals surface area contributed by atoms with Crippen molar-refractivity contribution in [1.29, 1.82) is 0 Å². The normalized spacial score (nSPS) is 9.33. The maximum Gasteiger partial charge on any atom is 0.180 e. The third-order valence-electron chi connectivity index (χ3n) is 1.72. The fourth-order valence-corrected chi connectivity index (χ4v) is 1.09. The Bertz CT molecular complexity index is 425. The quantitative estimate of drug-likeness (QED) is 0.557. The van der Waals surface area contributed by atoms with Crippen LogP contribution < -0.4 is 0 Å². The lowest BCUT2D eigenvalue weighted by Crippen LogP contribution is -1.78. The smallest absolute Gasteiger partial charge is 0.180 e. The fourth-order valence-electron chi connectivity index (χ4n) is 1.09. The van der Waals surface area contributed by atoms with E-state index in [1.807, 2.05) is 24.3 Å². The first-order chi connectivity index (χ1) is 7.47. The summed E-state index contributed by atoms with van der Waals surface area (Å²) in [6.07, 6.45) is 7.87. The standard InChI is InChI=1S/C8H6N2.C3H3NO/c1-2-4-8-7(3-1)9-5-6-10-8;1-2-5-3-4-1/h1-6H;1-3H. The second-order valence-corrected chi connectivity index (χ2v) is 2.72. The SMILES string of the molecule is c1ccc2nccnc2c1.c1cocn1. The van der Waals surface area contributed by atoms with Crippen molar-refractivity contribution < 1.29 is 4.42 Å². The van der Waals surface area contributed by atoms with Crippen molar-refractivity contribution >= 4 is 11.0 Å². The molecule has 0 aliphatic carbocycles. The van der Waals surface area contributed by atoms with Crippen molar-refractivity contribution in [2.24, 2.45) is 0 Å². The Morgan fingerprint density at radius 3 is 1.93 bits per heavy atom. The van der Waals surface area contributed by atoms with Gasteiger partial charge in [0, 0.05) is 12.4 Å². The van der Waals surface area contributed by atoms with Crippen LogP contribution in [-0.4, -0.2) is 15.0 Å². The number of hydrogen-bond donors (Lipinski definition) is 0. The van der Waals surface area contributed by atoms with Gasteiger partial charge in [-0.2, -0.15) is 0 Å². The lowest BCUT2D eigenvalue weighted by Gasteiger charge is -1.90. The number of aromatic nitrogens is 3. The summed E-state index contributed by atoms with van der Waals surface area (Å²) in [7, 11) is 0. The Morgan fingerprint density at radius 1 is 0.867 bits per heavy atom. The zero-order chi connectivity index (χ0) is 10.3. The molecular formula is C11H9N3O. The van der Waals surface area contributed by atoms with Crippen LogP contribution in [0.4, 0.5) is 0 Å². The second kappa shape index (κ2) is 4.85. The molecule has 15 heavy (non-hydrogen) atoms. The van der Waals surface area contributed by atoms with Gasteiger partial charge in [-0.15, -0.1) is 0 Å². The molecule has 2 aromatic heterocycles. The fraction of sp³-hybridized carbons (Fsp3) is 0. The van der Waals surface area contributed by atoms with Gasteiger partial charge in [0.15, 0.2) is 6.39 Å². The largest absolute Gasteiger partial charge is 0.452 e. The average Bonchev–Trinajstić information content (AvgIpc) is 2.88. The molecule has 0 saturated carbocycles. The Hall–Kier alpha value is -2.23. The van der Waals surface area contributed by atoms with E-state index in [9.17, 15) is 0 Å². The summed E-state index contributed by atoms with van der Waals surface area (Å²) < 4.78 is 4.47. The van der Waals surface area contributed by atoms with Crippen LogP contribution in [0.15, 0.2) is 59.9 Å². The van der Waals surface area contributed by atoms with Gasteiger partial charge in [-0.1, -0.05) is 12.1 Å². The van der Waals surface area contributed by atoms with Crippen molar-refractivity contribution in [3.63, 3.8) is 0 Å².